The highest BCUT2D eigenvalue weighted by Crippen LogP contribution is 2.33. The third-order valence-electron chi connectivity index (χ3n) is 4.11. The average molecular weight is 390 g/mol. The van der Waals surface area contributed by atoms with E-state index in [0.717, 1.165) is 22.8 Å². The lowest BCUT2D eigenvalue weighted by atomic mass is 10.0. The van der Waals surface area contributed by atoms with Gasteiger partial charge in [0.25, 0.3) is 5.56 Å². The van der Waals surface area contributed by atoms with Gasteiger partial charge >= 0.3 is 6.18 Å². The lowest BCUT2D eigenvalue weighted by molar-refractivity contribution is -0.137. The van der Waals surface area contributed by atoms with Crippen molar-refractivity contribution in [2.75, 3.05) is 0 Å². The minimum Gasteiger partial charge on any atom is -0.303 e. The van der Waals surface area contributed by atoms with E-state index in [1.807, 2.05) is 0 Å². The van der Waals surface area contributed by atoms with Crippen molar-refractivity contribution in [3.63, 3.8) is 0 Å². The summed E-state index contributed by atoms with van der Waals surface area (Å²) in [6.45, 7) is -0.340. The van der Waals surface area contributed by atoms with Crippen LogP contribution in [0.5, 0.6) is 0 Å². The number of benzene rings is 2. The number of aromatic nitrogens is 1. The Hall–Kier alpha value is -3.47. The van der Waals surface area contributed by atoms with Crippen LogP contribution in [0.15, 0.2) is 59.4 Å². The molecule has 1 aromatic heterocycles. The highest BCUT2D eigenvalue weighted by molar-refractivity contribution is 5.62. The molecule has 0 saturated heterocycles. The van der Waals surface area contributed by atoms with Crippen LogP contribution < -0.4 is 5.56 Å². The van der Waals surface area contributed by atoms with Gasteiger partial charge in [0.2, 0.25) is 0 Å². The third-order valence-corrected chi connectivity index (χ3v) is 4.11. The summed E-state index contributed by atoms with van der Waals surface area (Å²) in [4.78, 5) is 12.7. The van der Waals surface area contributed by atoms with E-state index < -0.39 is 34.5 Å². The van der Waals surface area contributed by atoms with Gasteiger partial charge in [0.15, 0.2) is 11.6 Å². The molecule has 0 atom stereocenters. The molecule has 3 nitrogen and oxygen atoms in total. The number of nitriles is 1. The van der Waals surface area contributed by atoms with Gasteiger partial charge in [-0.1, -0.05) is 36.4 Å². The molecular formula is C20H11F5N2O. The van der Waals surface area contributed by atoms with Crippen molar-refractivity contribution in [3.05, 3.63) is 93.3 Å². The Bertz CT molecular complexity index is 1130. The Morgan fingerprint density at radius 1 is 0.964 bits per heavy atom. The van der Waals surface area contributed by atoms with Gasteiger partial charge in [0.05, 0.1) is 17.8 Å². The monoisotopic (exact) mass is 390 g/mol. The van der Waals surface area contributed by atoms with E-state index in [0.29, 0.717) is 5.56 Å². The second-order valence-electron chi connectivity index (χ2n) is 5.93. The summed E-state index contributed by atoms with van der Waals surface area (Å²) < 4.78 is 67.7. The molecule has 3 aromatic rings. The maximum atomic E-state index is 13.5. The van der Waals surface area contributed by atoms with Crippen molar-refractivity contribution >= 4 is 0 Å². The standard InChI is InChI=1S/C20H11F5N2O/c21-16-7-6-12(8-17(16)22)11-27-18(13-4-2-1-3-5-13)9-15(20(23,24)25)14(10-26)19(27)28/h1-9H,11H2. The quantitative estimate of drug-likeness (QED) is 0.607. The smallest absolute Gasteiger partial charge is 0.303 e. The number of pyridine rings is 1. The van der Waals surface area contributed by atoms with Gasteiger partial charge in [-0.3, -0.25) is 4.79 Å². The van der Waals surface area contributed by atoms with Crippen LogP contribution in [-0.4, -0.2) is 4.57 Å². The van der Waals surface area contributed by atoms with E-state index in [2.05, 4.69) is 0 Å². The topological polar surface area (TPSA) is 45.8 Å². The molecule has 2 aromatic carbocycles. The molecule has 3 rings (SSSR count). The normalized spacial score (nSPS) is 11.3. The molecule has 0 bridgehead atoms. The molecule has 0 amide bonds. The van der Waals surface area contributed by atoms with E-state index in [9.17, 15) is 26.7 Å². The van der Waals surface area contributed by atoms with Gasteiger partial charge in [-0.25, -0.2) is 8.78 Å². The van der Waals surface area contributed by atoms with Crippen LogP contribution in [0.1, 0.15) is 16.7 Å². The highest BCUT2D eigenvalue weighted by Gasteiger charge is 2.36. The summed E-state index contributed by atoms with van der Waals surface area (Å²) in [6, 6.07) is 12.7. The predicted molar refractivity (Wildman–Crippen MR) is 91.3 cm³/mol. The van der Waals surface area contributed by atoms with E-state index in [1.54, 1.807) is 18.2 Å². The SMILES string of the molecule is N#Cc1c(C(F)(F)F)cc(-c2ccccc2)n(Cc2ccc(F)c(F)c2)c1=O. The summed E-state index contributed by atoms with van der Waals surface area (Å²) in [7, 11) is 0. The van der Waals surface area contributed by atoms with Gasteiger partial charge in [-0.2, -0.15) is 18.4 Å². The number of hydrogen-bond donors (Lipinski definition) is 0. The van der Waals surface area contributed by atoms with Gasteiger partial charge in [-0.05, 0) is 29.3 Å². The van der Waals surface area contributed by atoms with E-state index in [4.69, 9.17) is 5.26 Å². The van der Waals surface area contributed by atoms with Gasteiger partial charge in [0.1, 0.15) is 11.6 Å². The van der Waals surface area contributed by atoms with Crippen molar-refractivity contribution in [2.45, 2.75) is 12.7 Å². The molecule has 0 aliphatic carbocycles. The summed E-state index contributed by atoms with van der Waals surface area (Å²) in [5.74, 6) is -2.25. The third kappa shape index (κ3) is 3.64. The number of nitrogens with zero attached hydrogens (tertiary/aromatic N) is 2. The number of hydrogen-bond acceptors (Lipinski definition) is 2. The van der Waals surface area contributed by atoms with Crippen molar-refractivity contribution in [2.24, 2.45) is 0 Å². The second-order valence-corrected chi connectivity index (χ2v) is 5.93. The van der Waals surface area contributed by atoms with Crippen LogP contribution in [0.2, 0.25) is 0 Å². The van der Waals surface area contributed by atoms with Gasteiger partial charge < -0.3 is 4.57 Å². The van der Waals surface area contributed by atoms with Crippen LogP contribution in [0.4, 0.5) is 22.0 Å². The Morgan fingerprint density at radius 2 is 1.64 bits per heavy atom. The molecule has 8 heteroatoms. The molecule has 0 saturated carbocycles. The molecule has 0 radical (unpaired) electrons. The number of alkyl halides is 3. The lowest BCUT2D eigenvalue weighted by Crippen LogP contribution is -2.28. The first kappa shape index (κ1) is 19.3. The summed E-state index contributed by atoms with van der Waals surface area (Å²) in [6.07, 6.45) is -4.91. The first-order chi connectivity index (χ1) is 13.2. The van der Waals surface area contributed by atoms with E-state index >= 15 is 0 Å². The highest BCUT2D eigenvalue weighted by atomic mass is 19.4. The molecule has 1 heterocycles. The zero-order valence-electron chi connectivity index (χ0n) is 14.1. The average Bonchev–Trinajstić information content (AvgIpc) is 2.65. The Kier molecular flexibility index (Phi) is 5.01. The number of rotatable bonds is 3. The van der Waals surface area contributed by atoms with E-state index in [-0.39, 0.29) is 17.8 Å². The maximum absolute atomic E-state index is 13.5. The van der Waals surface area contributed by atoms with Crippen molar-refractivity contribution in [1.29, 1.82) is 5.26 Å². The molecule has 0 unspecified atom stereocenters. The molecule has 0 aliphatic rings. The molecular weight excluding hydrogens is 379 g/mol. The largest absolute Gasteiger partial charge is 0.417 e. The van der Waals surface area contributed by atoms with E-state index in [1.165, 1.54) is 24.3 Å². The van der Waals surface area contributed by atoms with Crippen LogP contribution in [-0.2, 0) is 12.7 Å². The second kappa shape index (κ2) is 7.27. The Balaban J connectivity index is 2.29. The van der Waals surface area contributed by atoms with Crippen molar-refractivity contribution < 1.29 is 22.0 Å². The fourth-order valence-electron chi connectivity index (χ4n) is 2.80. The van der Waals surface area contributed by atoms with Crippen LogP contribution >= 0.6 is 0 Å². The Labute approximate surface area is 155 Å². The minimum atomic E-state index is -4.91. The molecule has 28 heavy (non-hydrogen) atoms. The van der Waals surface area contributed by atoms with Crippen molar-refractivity contribution in [3.8, 4) is 17.3 Å². The van der Waals surface area contributed by atoms with Crippen LogP contribution in [0.3, 0.4) is 0 Å². The van der Waals surface area contributed by atoms with Crippen LogP contribution in [0.25, 0.3) is 11.3 Å². The van der Waals surface area contributed by atoms with Gasteiger partial charge in [0, 0.05) is 0 Å². The fraction of sp³-hybridized carbons (Fsp3) is 0.100. The first-order valence-corrected chi connectivity index (χ1v) is 7.97. The predicted octanol–water partition coefficient (Wildman–Crippen LogP) is 4.73. The first-order valence-electron chi connectivity index (χ1n) is 7.97. The zero-order chi connectivity index (χ0) is 20.5. The summed E-state index contributed by atoms with van der Waals surface area (Å²) >= 11 is 0. The zero-order valence-corrected chi connectivity index (χ0v) is 14.1. The fourth-order valence-corrected chi connectivity index (χ4v) is 2.80. The lowest BCUT2D eigenvalue weighted by Gasteiger charge is -2.17. The number of halogens is 5. The Morgan fingerprint density at radius 3 is 2.21 bits per heavy atom. The maximum Gasteiger partial charge on any atom is 0.417 e. The summed E-state index contributed by atoms with van der Waals surface area (Å²) in [5, 5.41) is 9.12. The van der Waals surface area contributed by atoms with Crippen molar-refractivity contribution in [1.82, 2.24) is 4.57 Å². The molecule has 0 spiro atoms. The summed E-state index contributed by atoms with van der Waals surface area (Å²) in [5.41, 5.74) is -3.21. The molecule has 0 N–H and O–H groups in total. The van der Waals surface area contributed by atoms with Crippen LogP contribution in [0, 0.1) is 23.0 Å². The minimum absolute atomic E-state index is 0.0957. The molecule has 142 valence electrons. The van der Waals surface area contributed by atoms with Gasteiger partial charge in [-0.15, -0.1) is 0 Å². The molecule has 0 fully saturated rings. The molecule has 0 aliphatic heterocycles.